The fourth-order valence-corrected chi connectivity index (χ4v) is 4.11. The van der Waals surface area contributed by atoms with Gasteiger partial charge in [-0.15, -0.1) is 0 Å². The molecule has 1 aromatic heterocycles. The Bertz CT molecular complexity index is 693. The molecule has 1 saturated heterocycles. The summed E-state index contributed by atoms with van der Waals surface area (Å²) in [4.78, 5) is 4.23. The highest BCUT2D eigenvalue weighted by Crippen LogP contribution is 2.17. The van der Waals surface area contributed by atoms with Crippen molar-refractivity contribution in [1.82, 2.24) is 10.3 Å². The molecule has 0 amide bonds. The van der Waals surface area contributed by atoms with Crippen molar-refractivity contribution in [2.75, 3.05) is 18.8 Å². The largest absolute Gasteiger partial charge is 0.316 e. The maximum absolute atomic E-state index is 12.1. The summed E-state index contributed by atoms with van der Waals surface area (Å²) in [5.74, 6) is 0.687. The molecule has 2 aromatic rings. The van der Waals surface area contributed by atoms with Gasteiger partial charge in [0, 0.05) is 24.7 Å². The minimum Gasteiger partial charge on any atom is -0.316 e. The monoisotopic (exact) mass is 276 g/mol. The Balaban J connectivity index is 1.80. The second kappa shape index (κ2) is 4.90. The number of rotatable bonds is 4. The van der Waals surface area contributed by atoms with Crippen LogP contribution in [-0.4, -0.2) is 32.2 Å². The van der Waals surface area contributed by atoms with Crippen LogP contribution >= 0.6 is 0 Å². The molecule has 0 unspecified atom stereocenters. The van der Waals surface area contributed by atoms with Crippen LogP contribution in [0.3, 0.4) is 0 Å². The molecule has 0 spiro atoms. The lowest BCUT2D eigenvalue weighted by Crippen LogP contribution is -2.45. The normalized spacial score (nSPS) is 16.4. The molecule has 1 aliphatic rings. The average Bonchev–Trinajstić information content (AvgIpc) is 2.34. The number of sulfone groups is 1. The summed E-state index contributed by atoms with van der Waals surface area (Å²) in [6.07, 6.45) is 1.74. The standard InChI is InChI=1S/C14H16N2O2S/c17-19(18,10-12-7-15-8-12)9-11-3-4-14-13(6-11)2-1-5-16-14/h1-6,12,15H,7-10H2. The van der Waals surface area contributed by atoms with E-state index in [0.29, 0.717) is 0 Å². The topological polar surface area (TPSA) is 59.1 Å². The minimum absolute atomic E-state index is 0.119. The third kappa shape index (κ3) is 2.93. The number of pyridine rings is 1. The molecular weight excluding hydrogens is 260 g/mol. The van der Waals surface area contributed by atoms with Crippen LogP contribution in [0.4, 0.5) is 0 Å². The van der Waals surface area contributed by atoms with E-state index in [4.69, 9.17) is 0 Å². The minimum atomic E-state index is -3.02. The van der Waals surface area contributed by atoms with Gasteiger partial charge in [0.2, 0.25) is 0 Å². The number of hydrogen-bond donors (Lipinski definition) is 1. The summed E-state index contributed by atoms with van der Waals surface area (Å²) in [6.45, 7) is 1.64. The second-order valence-electron chi connectivity index (χ2n) is 5.11. The molecule has 0 saturated carbocycles. The number of aromatic nitrogens is 1. The van der Waals surface area contributed by atoms with Crippen LogP contribution in [0, 0.1) is 5.92 Å². The van der Waals surface area contributed by atoms with Gasteiger partial charge in [0.05, 0.1) is 17.0 Å². The second-order valence-corrected chi connectivity index (χ2v) is 7.22. The summed E-state index contributed by atoms with van der Waals surface area (Å²) in [5.41, 5.74) is 1.74. The zero-order valence-corrected chi connectivity index (χ0v) is 11.4. The Morgan fingerprint density at radius 2 is 2.11 bits per heavy atom. The molecule has 0 bridgehead atoms. The molecule has 19 heavy (non-hydrogen) atoms. The molecule has 5 heteroatoms. The molecule has 100 valence electrons. The third-order valence-corrected chi connectivity index (χ3v) is 5.16. The van der Waals surface area contributed by atoms with Crippen LogP contribution in [0.1, 0.15) is 5.56 Å². The van der Waals surface area contributed by atoms with Gasteiger partial charge >= 0.3 is 0 Å². The fourth-order valence-electron chi connectivity index (χ4n) is 2.35. The number of nitrogens with one attached hydrogen (secondary N) is 1. The van der Waals surface area contributed by atoms with Crippen LogP contribution in [0.2, 0.25) is 0 Å². The smallest absolute Gasteiger partial charge is 0.154 e. The van der Waals surface area contributed by atoms with Gasteiger partial charge in [-0.3, -0.25) is 4.98 Å². The van der Waals surface area contributed by atoms with E-state index < -0.39 is 9.84 Å². The fraction of sp³-hybridized carbons (Fsp3) is 0.357. The van der Waals surface area contributed by atoms with Crippen LogP contribution in [0.25, 0.3) is 10.9 Å². The Hall–Kier alpha value is -1.46. The molecule has 1 N–H and O–H groups in total. The van der Waals surface area contributed by atoms with Crippen molar-refractivity contribution in [3.8, 4) is 0 Å². The van der Waals surface area contributed by atoms with E-state index in [2.05, 4.69) is 10.3 Å². The van der Waals surface area contributed by atoms with E-state index in [1.807, 2.05) is 30.3 Å². The van der Waals surface area contributed by atoms with Gasteiger partial charge in [-0.1, -0.05) is 12.1 Å². The van der Waals surface area contributed by atoms with Crippen LogP contribution in [0.15, 0.2) is 36.5 Å². The third-order valence-electron chi connectivity index (χ3n) is 3.41. The van der Waals surface area contributed by atoms with Gasteiger partial charge in [0.1, 0.15) is 0 Å². The Morgan fingerprint density at radius 1 is 1.26 bits per heavy atom. The molecule has 2 heterocycles. The van der Waals surface area contributed by atoms with Crippen molar-refractivity contribution in [3.63, 3.8) is 0 Å². The SMILES string of the molecule is O=S(=O)(Cc1ccc2ncccc2c1)CC1CNC1. The first-order valence-electron chi connectivity index (χ1n) is 6.37. The van der Waals surface area contributed by atoms with Gasteiger partial charge < -0.3 is 5.32 Å². The van der Waals surface area contributed by atoms with Crippen LogP contribution in [0.5, 0.6) is 0 Å². The lowest BCUT2D eigenvalue weighted by molar-refractivity contribution is 0.378. The lowest BCUT2D eigenvalue weighted by atomic mass is 10.1. The first kappa shape index (κ1) is 12.6. The first-order chi connectivity index (χ1) is 9.12. The van der Waals surface area contributed by atoms with Gasteiger partial charge in [-0.2, -0.15) is 0 Å². The first-order valence-corrected chi connectivity index (χ1v) is 8.19. The summed E-state index contributed by atoms with van der Waals surface area (Å²) in [7, 11) is -3.02. The Kier molecular flexibility index (Phi) is 3.24. The van der Waals surface area contributed by atoms with Gasteiger partial charge in [0.25, 0.3) is 0 Å². The number of fused-ring (bicyclic) bond motifs is 1. The molecule has 0 atom stereocenters. The van der Waals surface area contributed by atoms with Crippen molar-refractivity contribution in [2.24, 2.45) is 5.92 Å². The van der Waals surface area contributed by atoms with Gasteiger partial charge in [-0.05, 0) is 29.7 Å². The molecule has 1 aliphatic heterocycles. The maximum Gasteiger partial charge on any atom is 0.154 e. The zero-order valence-electron chi connectivity index (χ0n) is 10.5. The van der Waals surface area contributed by atoms with Crippen LogP contribution in [-0.2, 0) is 15.6 Å². The Morgan fingerprint density at radius 3 is 2.84 bits per heavy atom. The quantitative estimate of drug-likeness (QED) is 0.916. The van der Waals surface area contributed by atoms with Crippen molar-refractivity contribution >= 4 is 20.7 Å². The van der Waals surface area contributed by atoms with Gasteiger partial charge in [0.15, 0.2) is 9.84 Å². The highest BCUT2D eigenvalue weighted by molar-refractivity contribution is 7.90. The van der Waals surface area contributed by atoms with Crippen molar-refractivity contribution in [1.29, 1.82) is 0 Å². The van der Waals surface area contributed by atoms with E-state index in [9.17, 15) is 8.42 Å². The van der Waals surface area contributed by atoms with E-state index in [-0.39, 0.29) is 17.4 Å². The average molecular weight is 276 g/mol. The lowest BCUT2D eigenvalue weighted by Gasteiger charge is -2.26. The summed E-state index contributed by atoms with van der Waals surface area (Å²) in [6, 6.07) is 9.46. The van der Waals surface area contributed by atoms with E-state index in [1.54, 1.807) is 6.20 Å². The van der Waals surface area contributed by atoms with Crippen molar-refractivity contribution < 1.29 is 8.42 Å². The van der Waals surface area contributed by atoms with Crippen LogP contribution < -0.4 is 5.32 Å². The van der Waals surface area contributed by atoms with Crippen molar-refractivity contribution in [3.05, 3.63) is 42.1 Å². The molecule has 4 nitrogen and oxygen atoms in total. The summed E-state index contributed by atoms with van der Waals surface area (Å²) < 4.78 is 24.2. The maximum atomic E-state index is 12.1. The van der Waals surface area contributed by atoms with E-state index in [1.165, 1.54) is 0 Å². The molecule has 0 radical (unpaired) electrons. The predicted molar refractivity (Wildman–Crippen MR) is 75.6 cm³/mol. The molecule has 1 aromatic carbocycles. The van der Waals surface area contributed by atoms with E-state index >= 15 is 0 Å². The molecule has 0 aliphatic carbocycles. The number of benzene rings is 1. The highest BCUT2D eigenvalue weighted by Gasteiger charge is 2.24. The Labute approximate surface area is 112 Å². The highest BCUT2D eigenvalue weighted by atomic mass is 32.2. The number of nitrogens with zero attached hydrogens (tertiary/aromatic N) is 1. The molecular formula is C14H16N2O2S. The van der Waals surface area contributed by atoms with Gasteiger partial charge in [-0.25, -0.2) is 8.42 Å². The zero-order chi connectivity index (χ0) is 13.3. The molecule has 3 rings (SSSR count). The van der Waals surface area contributed by atoms with E-state index in [0.717, 1.165) is 29.6 Å². The van der Waals surface area contributed by atoms with Crippen molar-refractivity contribution in [2.45, 2.75) is 5.75 Å². The number of hydrogen-bond acceptors (Lipinski definition) is 4. The predicted octanol–water partition coefficient (Wildman–Crippen LogP) is 1.37. The summed E-state index contributed by atoms with van der Waals surface area (Å²) in [5, 5.41) is 4.09. The molecule has 1 fully saturated rings. The summed E-state index contributed by atoms with van der Waals surface area (Å²) >= 11 is 0.